The zero-order chi connectivity index (χ0) is 17.5. The number of carbonyl (C=O) groups is 2. The maximum absolute atomic E-state index is 12.0. The van der Waals surface area contributed by atoms with Crippen LogP contribution in [0.3, 0.4) is 0 Å². The van der Waals surface area contributed by atoms with Crippen molar-refractivity contribution in [3.63, 3.8) is 0 Å². The third-order valence-electron chi connectivity index (χ3n) is 3.55. The topological polar surface area (TPSA) is 84.0 Å². The van der Waals surface area contributed by atoms with Gasteiger partial charge in [0.05, 0.1) is 11.3 Å². The van der Waals surface area contributed by atoms with Gasteiger partial charge in [0.15, 0.2) is 5.13 Å². The Bertz CT molecular complexity index is 755. The van der Waals surface area contributed by atoms with Crippen molar-refractivity contribution in [2.75, 3.05) is 12.4 Å². The van der Waals surface area contributed by atoms with Crippen molar-refractivity contribution in [1.29, 1.82) is 0 Å². The van der Waals surface area contributed by atoms with Crippen molar-refractivity contribution in [3.05, 3.63) is 46.7 Å². The second-order valence-corrected chi connectivity index (χ2v) is 6.15. The minimum absolute atomic E-state index is 0.220. The second kappa shape index (κ2) is 8.35. The molecule has 0 saturated heterocycles. The van der Waals surface area contributed by atoms with Crippen molar-refractivity contribution in [2.24, 2.45) is 0 Å². The van der Waals surface area contributed by atoms with Gasteiger partial charge >= 0.3 is 0 Å². The van der Waals surface area contributed by atoms with Gasteiger partial charge in [-0.05, 0) is 30.0 Å². The summed E-state index contributed by atoms with van der Waals surface area (Å²) in [6, 6.07) is 1.67. The highest BCUT2D eigenvalue weighted by Crippen LogP contribution is 2.23. The van der Waals surface area contributed by atoms with E-state index in [0.717, 1.165) is 12.1 Å². The first-order valence-corrected chi connectivity index (χ1v) is 8.53. The van der Waals surface area contributed by atoms with Gasteiger partial charge in [-0.3, -0.25) is 19.9 Å². The third-order valence-corrected chi connectivity index (χ3v) is 4.32. The van der Waals surface area contributed by atoms with E-state index >= 15 is 0 Å². The van der Waals surface area contributed by atoms with Gasteiger partial charge in [-0.2, -0.15) is 0 Å². The molecular formula is C17H20N4O2S. The molecule has 0 spiro atoms. The van der Waals surface area contributed by atoms with Crippen LogP contribution in [0.2, 0.25) is 0 Å². The van der Waals surface area contributed by atoms with Crippen molar-refractivity contribution in [3.8, 4) is 0 Å². The predicted molar refractivity (Wildman–Crippen MR) is 96.1 cm³/mol. The Morgan fingerprint density at radius 3 is 2.88 bits per heavy atom. The Morgan fingerprint density at radius 2 is 2.17 bits per heavy atom. The molecule has 1 unspecified atom stereocenters. The van der Waals surface area contributed by atoms with Crippen molar-refractivity contribution < 1.29 is 9.59 Å². The standard InChI is InChI=1S/C17H20N4O2S/c1-4-11(2)14-10-24-17(20-14)21-15(22)6-5-12-7-13(9-19-8-12)16(23)18-3/h5-11H,4H2,1-3H3,(H,18,23)(H,20,21,22)/b6-5+. The number of thiazole rings is 1. The van der Waals surface area contributed by atoms with Crippen LogP contribution >= 0.6 is 11.3 Å². The molecule has 0 aliphatic rings. The minimum Gasteiger partial charge on any atom is -0.355 e. The van der Waals surface area contributed by atoms with Gasteiger partial charge in [-0.1, -0.05) is 13.8 Å². The maximum Gasteiger partial charge on any atom is 0.252 e. The SMILES string of the molecule is CCC(C)c1csc(NC(=O)/C=C/c2cncc(C(=O)NC)c2)n1. The molecule has 2 amide bonds. The highest BCUT2D eigenvalue weighted by molar-refractivity contribution is 7.14. The number of rotatable bonds is 6. The average molecular weight is 344 g/mol. The van der Waals surface area contributed by atoms with E-state index in [2.05, 4.69) is 34.4 Å². The smallest absolute Gasteiger partial charge is 0.252 e. The van der Waals surface area contributed by atoms with Gasteiger partial charge in [0, 0.05) is 30.9 Å². The summed E-state index contributed by atoms with van der Waals surface area (Å²) < 4.78 is 0. The summed E-state index contributed by atoms with van der Waals surface area (Å²) >= 11 is 1.41. The van der Waals surface area contributed by atoms with Crippen LogP contribution in [-0.2, 0) is 4.79 Å². The molecule has 0 aliphatic carbocycles. The summed E-state index contributed by atoms with van der Waals surface area (Å²) in [5.41, 5.74) is 2.10. The van der Waals surface area contributed by atoms with Crippen LogP contribution in [0.15, 0.2) is 29.9 Å². The van der Waals surface area contributed by atoms with E-state index in [0.29, 0.717) is 22.2 Å². The van der Waals surface area contributed by atoms with Crippen LogP contribution in [0.5, 0.6) is 0 Å². The molecule has 126 valence electrons. The summed E-state index contributed by atoms with van der Waals surface area (Å²) in [6.07, 6.45) is 7.07. The zero-order valence-corrected chi connectivity index (χ0v) is 14.7. The number of carbonyl (C=O) groups excluding carboxylic acids is 2. The van der Waals surface area contributed by atoms with Gasteiger partial charge < -0.3 is 5.32 Å². The van der Waals surface area contributed by atoms with Crippen molar-refractivity contribution in [1.82, 2.24) is 15.3 Å². The number of nitrogens with one attached hydrogen (secondary N) is 2. The minimum atomic E-state index is -0.273. The van der Waals surface area contributed by atoms with Crippen LogP contribution in [0, 0.1) is 0 Å². The molecule has 2 rings (SSSR count). The zero-order valence-electron chi connectivity index (χ0n) is 13.9. The molecule has 0 saturated carbocycles. The quantitative estimate of drug-likeness (QED) is 0.789. The van der Waals surface area contributed by atoms with E-state index in [4.69, 9.17) is 0 Å². The summed E-state index contributed by atoms with van der Waals surface area (Å²) in [6.45, 7) is 4.21. The number of pyridine rings is 1. The summed E-state index contributed by atoms with van der Waals surface area (Å²) in [4.78, 5) is 31.9. The highest BCUT2D eigenvalue weighted by Gasteiger charge is 2.09. The molecule has 0 fully saturated rings. The van der Waals surface area contributed by atoms with Gasteiger partial charge in [-0.25, -0.2) is 4.98 Å². The second-order valence-electron chi connectivity index (χ2n) is 5.30. The van der Waals surface area contributed by atoms with Crippen molar-refractivity contribution >= 4 is 34.4 Å². The summed E-state index contributed by atoms with van der Waals surface area (Å²) in [7, 11) is 1.56. The van der Waals surface area contributed by atoms with Gasteiger partial charge in [0.25, 0.3) is 5.91 Å². The van der Waals surface area contributed by atoms with E-state index in [1.807, 2.05) is 5.38 Å². The fourth-order valence-electron chi connectivity index (χ4n) is 1.92. The Balaban J connectivity index is 2.00. The first-order chi connectivity index (χ1) is 11.5. The fraction of sp³-hybridized carbons (Fsp3) is 0.294. The average Bonchev–Trinajstić information content (AvgIpc) is 3.07. The Kier molecular flexibility index (Phi) is 6.20. The Labute approximate surface area is 145 Å². The van der Waals surface area contributed by atoms with Gasteiger partial charge in [-0.15, -0.1) is 11.3 Å². The number of amides is 2. The summed E-state index contributed by atoms with van der Waals surface area (Å²) in [5.74, 6) is -0.117. The molecule has 0 aliphatic heterocycles. The predicted octanol–water partition coefficient (Wildman–Crippen LogP) is 3.06. The van der Waals surface area contributed by atoms with E-state index in [1.165, 1.54) is 23.6 Å². The van der Waals surface area contributed by atoms with Crippen LogP contribution in [-0.4, -0.2) is 28.8 Å². The summed E-state index contributed by atoms with van der Waals surface area (Å²) in [5, 5.41) is 7.82. The number of hydrogen-bond acceptors (Lipinski definition) is 5. The van der Waals surface area contributed by atoms with E-state index in [1.54, 1.807) is 25.4 Å². The lowest BCUT2D eigenvalue weighted by Crippen LogP contribution is -2.17. The molecule has 7 heteroatoms. The Hall–Kier alpha value is -2.54. The molecule has 24 heavy (non-hydrogen) atoms. The van der Waals surface area contributed by atoms with Crippen LogP contribution < -0.4 is 10.6 Å². The molecule has 6 nitrogen and oxygen atoms in total. The molecule has 0 aromatic carbocycles. The molecular weight excluding hydrogens is 324 g/mol. The largest absolute Gasteiger partial charge is 0.355 e. The van der Waals surface area contributed by atoms with Crippen LogP contribution in [0.4, 0.5) is 5.13 Å². The first-order valence-electron chi connectivity index (χ1n) is 7.65. The third kappa shape index (κ3) is 4.73. The first kappa shape index (κ1) is 17.8. The molecule has 2 heterocycles. The molecule has 0 bridgehead atoms. The number of aromatic nitrogens is 2. The lowest BCUT2D eigenvalue weighted by Gasteiger charge is -2.02. The fourth-order valence-corrected chi connectivity index (χ4v) is 2.75. The number of hydrogen-bond donors (Lipinski definition) is 2. The van der Waals surface area contributed by atoms with Crippen LogP contribution in [0.25, 0.3) is 6.08 Å². The van der Waals surface area contributed by atoms with Crippen molar-refractivity contribution in [2.45, 2.75) is 26.2 Å². The number of anilines is 1. The number of nitrogens with zero attached hydrogens (tertiary/aromatic N) is 2. The lowest BCUT2D eigenvalue weighted by atomic mass is 10.1. The van der Waals surface area contributed by atoms with E-state index in [9.17, 15) is 9.59 Å². The van der Waals surface area contributed by atoms with Crippen LogP contribution in [0.1, 0.15) is 47.8 Å². The molecule has 1 atom stereocenters. The maximum atomic E-state index is 12.0. The highest BCUT2D eigenvalue weighted by atomic mass is 32.1. The van der Waals surface area contributed by atoms with Gasteiger partial charge in [0.2, 0.25) is 5.91 Å². The molecule has 2 aromatic rings. The van der Waals surface area contributed by atoms with E-state index < -0.39 is 0 Å². The van der Waals surface area contributed by atoms with E-state index in [-0.39, 0.29) is 11.8 Å². The lowest BCUT2D eigenvalue weighted by molar-refractivity contribution is -0.111. The monoisotopic (exact) mass is 344 g/mol. The molecule has 2 aromatic heterocycles. The normalized spacial score (nSPS) is 12.1. The molecule has 0 radical (unpaired) electrons. The molecule has 2 N–H and O–H groups in total. The van der Waals surface area contributed by atoms with Gasteiger partial charge in [0.1, 0.15) is 0 Å². The Morgan fingerprint density at radius 1 is 1.38 bits per heavy atom.